The molecule has 0 aliphatic heterocycles. The lowest BCUT2D eigenvalue weighted by molar-refractivity contribution is -0.385. The molecule has 29 heavy (non-hydrogen) atoms. The minimum atomic E-state index is -0.844. The number of ether oxygens (including phenoxy) is 1. The van der Waals surface area contributed by atoms with Gasteiger partial charge in [-0.2, -0.15) is 10.2 Å². The van der Waals surface area contributed by atoms with Crippen LogP contribution < -0.4 is 5.32 Å². The number of para-hydroxylation sites is 1. The number of nitrogens with one attached hydrogen (secondary N) is 1. The number of nitro groups is 1. The fourth-order valence-electron chi connectivity index (χ4n) is 2.73. The summed E-state index contributed by atoms with van der Waals surface area (Å²) in [6, 6.07) is 8.78. The lowest BCUT2D eigenvalue weighted by Crippen LogP contribution is -2.19. The van der Waals surface area contributed by atoms with Crippen LogP contribution in [0.15, 0.2) is 36.5 Å². The molecule has 0 saturated heterocycles. The molecule has 1 N–H and O–H groups in total. The third-order valence-electron chi connectivity index (χ3n) is 4.20. The largest absolute Gasteiger partial charge is 0.462 e. The van der Waals surface area contributed by atoms with E-state index in [1.54, 1.807) is 37.3 Å². The molecule has 3 rings (SSSR count). The van der Waals surface area contributed by atoms with Crippen molar-refractivity contribution >= 4 is 23.4 Å². The van der Waals surface area contributed by atoms with E-state index < -0.39 is 22.5 Å². The molecule has 11 heteroatoms. The van der Waals surface area contributed by atoms with Crippen LogP contribution in [0.4, 0.5) is 11.5 Å². The van der Waals surface area contributed by atoms with Crippen LogP contribution in [0.3, 0.4) is 0 Å². The van der Waals surface area contributed by atoms with E-state index in [0.717, 1.165) is 0 Å². The molecule has 0 unspecified atom stereocenters. The van der Waals surface area contributed by atoms with Crippen LogP contribution in [-0.4, -0.2) is 43.0 Å². The van der Waals surface area contributed by atoms with Gasteiger partial charge in [-0.15, -0.1) is 0 Å². The summed E-state index contributed by atoms with van der Waals surface area (Å²) in [7, 11) is 1.50. The Bertz CT molecular complexity index is 1090. The number of esters is 1. The van der Waals surface area contributed by atoms with Crippen molar-refractivity contribution in [3.8, 4) is 5.69 Å². The maximum Gasteiger partial charge on any atom is 0.343 e. The third-order valence-corrected chi connectivity index (χ3v) is 4.20. The van der Waals surface area contributed by atoms with Crippen LogP contribution >= 0.6 is 0 Å². The van der Waals surface area contributed by atoms with Gasteiger partial charge in [-0.3, -0.25) is 19.6 Å². The van der Waals surface area contributed by atoms with Crippen molar-refractivity contribution in [1.82, 2.24) is 19.6 Å². The molecule has 3 aromatic rings. The van der Waals surface area contributed by atoms with E-state index in [-0.39, 0.29) is 29.4 Å². The summed E-state index contributed by atoms with van der Waals surface area (Å²) >= 11 is 0. The van der Waals surface area contributed by atoms with Gasteiger partial charge >= 0.3 is 11.7 Å². The molecule has 0 saturated carbocycles. The summed E-state index contributed by atoms with van der Waals surface area (Å²) in [5.41, 5.74) is 0.0332. The van der Waals surface area contributed by atoms with Crippen molar-refractivity contribution in [2.24, 2.45) is 7.05 Å². The molecular formula is C18H18N6O5. The summed E-state index contributed by atoms with van der Waals surface area (Å²) in [6.07, 6.45) is 1.26. The highest BCUT2D eigenvalue weighted by atomic mass is 16.6. The number of carbonyl (C=O) groups is 2. The van der Waals surface area contributed by atoms with Crippen molar-refractivity contribution in [2.75, 3.05) is 11.9 Å². The molecule has 0 aliphatic rings. The van der Waals surface area contributed by atoms with E-state index in [1.807, 2.05) is 0 Å². The van der Waals surface area contributed by atoms with Crippen molar-refractivity contribution < 1.29 is 19.2 Å². The van der Waals surface area contributed by atoms with E-state index in [4.69, 9.17) is 4.74 Å². The van der Waals surface area contributed by atoms with Crippen molar-refractivity contribution in [3.63, 3.8) is 0 Å². The molecular weight excluding hydrogens is 380 g/mol. The fourth-order valence-corrected chi connectivity index (χ4v) is 2.73. The Morgan fingerprint density at radius 1 is 1.28 bits per heavy atom. The molecule has 150 valence electrons. The van der Waals surface area contributed by atoms with Crippen LogP contribution in [0.25, 0.3) is 5.69 Å². The Balaban J connectivity index is 2.07. The van der Waals surface area contributed by atoms with Crippen LogP contribution in [-0.2, 0) is 11.8 Å². The minimum absolute atomic E-state index is 0.0133. The van der Waals surface area contributed by atoms with Crippen molar-refractivity contribution in [1.29, 1.82) is 0 Å². The summed E-state index contributed by atoms with van der Waals surface area (Å²) in [5.74, 6) is -1.50. The maximum atomic E-state index is 12.8. The van der Waals surface area contributed by atoms with Crippen molar-refractivity contribution in [3.05, 3.63) is 63.6 Å². The first kappa shape index (κ1) is 19.7. The van der Waals surface area contributed by atoms with Gasteiger partial charge in [-0.05, 0) is 26.0 Å². The Kier molecular flexibility index (Phi) is 5.39. The first-order valence-corrected chi connectivity index (χ1v) is 8.65. The van der Waals surface area contributed by atoms with Crippen LogP contribution in [0.2, 0.25) is 0 Å². The molecule has 11 nitrogen and oxygen atoms in total. The number of rotatable bonds is 6. The monoisotopic (exact) mass is 398 g/mol. The van der Waals surface area contributed by atoms with Gasteiger partial charge in [0.15, 0.2) is 5.82 Å². The second-order valence-corrected chi connectivity index (χ2v) is 5.99. The van der Waals surface area contributed by atoms with Gasteiger partial charge in [0.2, 0.25) is 5.69 Å². The number of hydrogen-bond donors (Lipinski definition) is 1. The van der Waals surface area contributed by atoms with E-state index in [1.165, 1.54) is 29.5 Å². The molecule has 2 aromatic heterocycles. The molecule has 0 fully saturated rings. The summed E-state index contributed by atoms with van der Waals surface area (Å²) in [5, 5.41) is 22.0. The number of carbonyl (C=O) groups excluding carboxylic acids is 2. The van der Waals surface area contributed by atoms with Crippen LogP contribution in [0.5, 0.6) is 0 Å². The number of benzene rings is 1. The SMILES string of the molecule is CCOC(=O)c1cnn(-c2ccccc2)c1NC(=O)c1nn(C)c(C)c1[N+](=O)[O-]. The van der Waals surface area contributed by atoms with E-state index in [2.05, 4.69) is 15.5 Å². The first-order valence-electron chi connectivity index (χ1n) is 8.65. The maximum absolute atomic E-state index is 12.8. The molecule has 1 amide bonds. The van der Waals surface area contributed by atoms with Crippen LogP contribution in [0, 0.1) is 17.0 Å². The highest BCUT2D eigenvalue weighted by Gasteiger charge is 2.31. The van der Waals surface area contributed by atoms with Crippen LogP contribution in [0.1, 0.15) is 33.5 Å². The van der Waals surface area contributed by atoms with Gasteiger partial charge < -0.3 is 10.1 Å². The summed E-state index contributed by atoms with van der Waals surface area (Å²) in [6.45, 7) is 3.27. The molecule has 0 radical (unpaired) electrons. The lowest BCUT2D eigenvalue weighted by Gasteiger charge is -2.10. The highest BCUT2D eigenvalue weighted by Crippen LogP contribution is 2.26. The minimum Gasteiger partial charge on any atom is -0.462 e. The van der Waals surface area contributed by atoms with Gasteiger partial charge in [0.25, 0.3) is 5.91 Å². The Morgan fingerprint density at radius 3 is 2.59 bits per heavy atom. The average molecular weight is 398 g/mol. The third kappa shape index (κ3) is 3.70. The zero-order chi connectivity index (χ0) is 21.1. The van der Waals surface area contributed by atoms with E-state index in [0.29, 0.717) is 5.69 Å². The molecule has 0 atom stereocenters. The smallest absolute Gasteiger partial charge is 0.343 e. The van der Waals surface area contributed by atoms with Gasteiger partial charge in [-0.1, -0.05) is 18.2 Å². The average Bonchev–Trinajstić information content (AvgIpc) is 3.24. The van der Waals surface area contributed by atoms with E-state index >= 15 is 0 Å². The van der Waals surface area contributed by atoms with E-state index in [9.17, 15) is 19.7 Å². The Morgan fingerprint density at radius 2 is 1.97 bits per heavy atom. The zero-order valence-electron chi connectivity index (χ0n) is 15.9. The lowest BCUT2D eigenvalue weighted by atomic mass is 10.2. The highest BCUT2D eigenvalue weighted by molar-refractivity contribution is 6.08. The number of amides is 1. The molecule has 2 heterocycles. The zero-order valence-corrected chi connectivity index (χ0v) is 15.9. The second-order valence-electron chi connectivity index (χ2n) is 5.99. The molecule has 0 aliphatic carbocycles. The molecule has 1 aromatic carbocycles. The van der Waals surface area contributed by atoms with Gasteiger partial charge in [-0.25, -0.2) is 9.48 Å². The molecule has 0 bridgehead atoms. The predicted octanol–water partition coefficient (Wildman–Crippen LogP) is 2.25. The van der Waals surface area contributed by atoms with Gasteiger partial charge in [0.1, 0.15) is 11.3 Å². The predicted molar refractivity (Wildman–Crippen MR) is 102 cm³/mol. The number of aromatic nitrogens is 4. The summed E-state index contributed by atoms with van der Waals surface area (Å²) in [4.78, 5) is 35.9. The number of hydrogen-bond acceptors (Lipinski definition) is 7. The topological polar surface area (TPSA) is 134 Å². The second kappa shape index (κ2) is 7.92. The number of nitrogens with zero attached hydrogens (tertiary/aromatic N) is 5. The van der Waals surface area contributed by atoms with Crippen molar-refractivity contribution in [2.45, 2.75) is 13.8 Å². The fraction of sp³-hybridized carbons (Fsp3) is 0.222. The standard InChI is InChI=1S/C18H18N6O5/c1-4-29-18(26)13-10-19-23(12-8-6-5-7-9-12)16(13)20-17(25)14-15(24(27)28)11(2)22(3)21-14/h5-10H,4H2,1-3H3,(H,20,25). The summed E-state index contributed by atoms with van der Waals surface area (Å²) < 4.78 is 7.60. The Labute approximate surface area is 165 Å². The molecule has 0 spiro atoms. The normalized spacial score (nSPS) is 10.6. The van der Waals surface area contributed by atoms with Gasteiger partial charge in [0, 0.05) is 7.05 Å². The number of anilines is 1. The Hall–Kier alpha value is -4.02. The number of aryl methyl sites for hydroxylation is 1. The first-order chi connectivity index (χ1) is 13.8. The van der Waals surface area contributed by atoms with Gasteiger partial charge in [0.05, 0.1) is 23.4 Å². The quantitative estimate of drug-likeness (QED) is 0.382.